The molecule has 0 amide bonds. The summed E-state index contributed by atoms with van der Waals surface area (Å²) in [7, 11) is 0. The Bertz CT molecular complexity index is 398. The summed E-state index contributed by atoms with van der Waals surface area (Å²) >= 11 is 0. The number of carbonyl (C=O) groups is 2. The van der Waals surface area contributed by atoms with E-state index in [0.717, 1.165) is 6.42 Å². The van der Waals surface area contributed by atoms with Crippen molar-refractivity contribution in [3.8, 4) is 0 Å². The summed E-state index contributed by atoms with van der Waals surface area (Å²) in [6.07, 6.45) is 6.78. The van der Waals surface area contributed by atoms with E-state index in [2.05, 4.69) is 20.4 Å². The van der Waals surface area contributed by atoms with Gasteiger partial charge in [0.05, 0.1) is 0 Å². The molecule has 0 saturated carbocycles. The lowest BCUT2D eigenvalue weighted by Gasteiger charge is -2.39. The number of allylic oxidation sites excluding steroid dienone is 3. The Kier molecular flexibility index (Phi) is 5.15. The van der Waals surface area contributed by atoms with Crippen molar-refractivity contribution in [2.75, 3.05) is 0 Å². The first-order valence-electron chi connectivity index (χ1n) is 6.96. The molecule has 0 radical (unpaired) electrons. The van der Waals surface area contributed by atoms with E-state index in [-0.39, 0.29) is 12.8 Å². The van der Waals surface area contributed by atoms with E-state index >= 15 is 0 Å². The Morgan fingerprint density at radius 1 is 1.10 bits per heavy atom. The molecule has 0 aromatic rings. The average molecular weight is 280 g/mol. The molecule has 0 aromatic carbocycles. The summed E-state index contributed by atoms with van der Waals surface area (Å²) < 4.78 is 10.5. The predicted octanol–water partition coefficient (Wildman–Crippen LogP) is 3.38. The Morgan fingerprint density at radius 2 is 1.65 bits per heavy atom. The third kappa shape index (κ3) is 3.71. The Hall–Kier alpha value is -1.58. The first kappa shape index (κ1) is 16.5. The van der Waals surface area contributed by atoms with Crippen LogP contribution in [-0.2, 0) is 19.1 Å². The summed E-state index contributed by atoms with van der Waals surface area (Å²) in [6.45, 7) is 10.9. The molecule has 0 N–H and O–H groups in total. The molecule has 0 bridgehead atoms. The van der Waals surface area contributed by atoms with Gasteiger partial charge >= 0.3 is 11.9 Å². The molecular weight excluding hydrogens is 256 g/mol. The third-order valence-electron chi connectivity index (χ3n) is 3.19. The molecular formula is C16H24O4. The van der Waals surface area contributed by atoms with Gasteiger partial charge in [0.25, 0.3) is 5.79 Å². The maximum atomic E-state index is 12.3. The molecule has 1 aliphatic rings. The van der Waals surface area contributed by atoms with E-state index in [1.54, 1.807) is 19.9 Å². The second-order valence-corrected chi connectivity index (χ2v) is 6.06. The van der Waals surface area contributed by atoms with Crippen LogP contribution in [0.2, 0.25) is 0 Å². The number of hydrogen-bond donors (Lipinski definition) is 0. The highest BCUT2D eigenvalue weighted by molar-refractivity contribution is 6.02. The Labute approximate surface area is 120 Å². The van der Waals surface area contributed by atoms with Crippen LogP contribution in [0.15, 0.2) is 24.8 Å². The van der Waals surface area contributed by atoms with Gasteiger partial charge in [-0.2, -0.15) is 0 Å². The lowest BCUT2D eigenvalue weighted by atomic mass is 9.80. The number of ether oxygens (including phenoxy) is 2. The monoisotopic (exact) mass is 280 g/mol. The fourth-order valence-corrected chi connectivity index (χ4v) is 2.06. The molecule has 1 fully saturated rings. The van der Waals surface area contributed by atoms with Crippen LogP contribution in [0.3, 0.4) is 0 Å². The maximum absolute atomic E-state index is 12.3. The smallest absolute Gasteiger partial charge is 0.327 e. The molecule has 1 heterocycles. The lowest BCUT2D eigenvalue weighted by Crippen LogP contribution is -2.53. The van der Waals surface area contributed by atoms with Gasteiger partial charge in [-0.05, 0) is 25.2 Å². The van der Waals surface area contributed by atoms with Crippen molar-refractivity contribution >= 4 is 11.9 Å². The SMILES string of the molecule is C=CCC1(C/C=C/CC(C)C)C(=O)OC(C)(C)OC1=O. The van der Waals surface area contributed by atoms with Crippen molar-refractivity contribution in [3.05, 3.63) is 24.8 Å². The standard InChI is InChI=1S/C16H24O4/c1-6-10-16(11-8-7-9-12(2)3)13(17)19-15(4,5)20-14(16)18/h6-8,12H,1,9-11H2,2-5H3/b8-7+. The first-order valence-corrected chi connectivity index (χ1v) is 6.96. The van der Waals surface area contributed by atoms with Crippen LogP contribution in [0.25, 0.3) is 0 Å². The predicted molar refractivity (Wildman–Crippen MR) is 76.7 cm³/mol. The second-order valence-electron chi connectivity index (χ2n) is 6.06. The zero-order chi connectivity index (χ0) is 15.4. The van der Waals surface area contributed by atoms with Gasteiger partial charge in [-0.3, -0.25) is 9.59 Å². The van der Waals surface area contributed by atoms with Gasteiger partial charge in [0.1, 0.15) is 0 Å². The van der Waals surface area contributed by atoms with Crippen molar-refractivity contribution < 1.29 is 19.1 Å². The van der Waals surface area contributed by atoms with E-state index in [0.29, 0.717) is 5.92 Å². The molecule has 1 rings (SSSR count). The highest BCUT2D eigenvalue weighted by Gasteiger charge is 2.54. The summed E-state index contributed by atoms with van der Waals surface area (Å²) in [6, 6.07) is 0. The van der Waals surface area contributed by atoms with Crippen LogP contribution < -0.4 is 0 Å². The third-order valence-corrected chi connectivity index (χ3v) is 3.19. The number of rotatable bonds is 6. The van der Waals surface area contributed by atoms with Crippen LogP contribution in [0.1, 0.15) is 47.0 Å². The molecule has 0 atom stereocenters. The fourth-order valence-electron chi connectivity index (χ4n) is 2.06. The highest BCUT2D eigenvalue weighted by atomic mass is 16.7. The van der Waals surface area contributed by atoms with E-state index in [4.69, 9.17) is 9.47 Å². The molecule has 0 unspecified atom stereocenters. The Balaban J connectivity index is 2.91. The topological polar surface area (TPSA) is 52.6 Å². The number of esters is 2. The zero-order valence-electron chi connectivity index (χ0n) is 12.8. The molecule has 4 nitrogen and oxygen atoms in total. The van der Waals surface area contributed by atoms with Gasteiger partial charge in [-0.1, -0.05) is 32.1 Å². The van der Waals surface area contributed by atoms with Gasteiger partial charge in [0.2, 0.25) is 0 Å². The average Bonchev–Trinajstić information content (AvgIpc) is 2.29. The highest BCUT2D eigenvalue weighted by Crippen LogP contribution is 2.38. The van der Waals surface area contributed by atoms with E-state index < -0.39 is 23.1 Å². The normalized spacial score (nSPS) is 20.9. The zero-order valence-corrected chi connectivity index (χ0v) is 12.8. The summed E-state index contributed by atoms with van der Waals surface area (Å²) in [5.74, 6) is -1.73. The van der Waals surface area contributed by atoms with Crippen LogP contribution in [0.4, 0.5) is 0 Å². The summed E-state index contributed by atoms with van der Waals surface area (Å²) in [5.41, 5.74) is -1.29. The molecule has 0 aliphatic carbocycles. The van der Waals surface area contributed by atoms with E-state index in [9.17, 15) is 9.59 Å². The van der Waals surface area contributed by atoms with Crippen molar-refractivity contribution in [2.45, 2.75) is 52.7 Å². The van der Waals surface area contributed by atoms with Crippen molar-refractivity contribution in [1.82, 2.24) is 0 Å². The van der Waals surface area contributed by atoms with Gasteiger partial charge in [-0.15, -0.1) is 6.58 Å². The number of cyclic esters (lactones) is 2. The van der Waals surface area contributed by atoms with E-state index in [1.165, 1.54) is 0 Å². The summed E-state index contributed by atoms with van der Waals surface area (Å²) in [4.78, 5) is 24.5. The quantitative estimate of drug-likeness (QED) is 0.425. The van der Waals surface area contributed by atoms with Crippen LogP contribution in [0, 0.1) is 11.3 Å². The van der Waals surface area contributed by atoms with Crippen molar-refractivity contribution in [1.29, 1.82) is 0 Å². The minimum Gasteiger partial charge on any atom is -0.422 e. The largest absolute Gasteiger partial charge is 0.422 e. The van der Waals surface area contributed by atoms with E-state index in [1.807, 2.05) is 12.2 Å². The van der Waals surface area contributed by atoms with Gasteiger partial charge < -0.3 is 9.47 Å². The van der Waals surface area contributed by atoms with Gasteiger partial charge in [0, 0.05) is 13.8 Å². The van der Waals surface area contributed by atoms with Crippen LogP contribution in [-0.4, -0.2) is 17.7 Å². The molecule has 112 valence electrons. The van der Waals surface area contributed by atoms with Crippen molar-refractivity contribution in [2.24, 2.45) is 11.3 Å². The Morgan fingerprint density at radius 3 is 2.10 bits per heavy atom. The van der Waals surface area contributed by atoms with Crippen LogP contribution >= 0.6 is 0 Å². The van der Waals surface area contributed by atoms with Crippen LogP contribution in [0.5, 0.6) is 0 Å². The number of hydrogen-bond acceptors (Lipinski definition) is 4. The van der Waals surface area contributed by atoms with Crippen molar-refractivity contribution in [3.63, 3.8) is 0 Å². The minimum absolute atomic E-state index is 0.215. The fraction of sp³-hybridized carbons (Fsp3) is 0.625. The lowest BCUT2D eigenvalue weighted by molar-refractivity contribution is -0.250. The molecule has 0 aromatic heterocycles. The molecule has 20 heavy (non-hydrogen) atoms. The minimum atomic E-state index is -1.29. The molecule has 1 aliphatic heterocycles. The number of carbonyl (C=O) groups excluding carboxylic acids is 2. The molecule has 0 spiro atoms. The maximum Gasteiger partial charge on any atom is 0.327 e. The first-order chi connectivity index (χ1) is 9.23. The summed E-state index contributed by atoms with van der Waals surface area (Å²) in [5, 5.41) is 0. The molecule has 1 saturated heterocycles. The van der Waals surface area contributed by atoms with Gasteiger partial charge in [0.15, 0.2) is 5.41 Å². The molecule has 4 heteroatoms. The second kappa shape index (κ2) is 6.25. The van der Waals surface area contributed by atoms with Gasteiger partial charge in [-0.25, -0.2) is 0 Å².